The second-order valence-electron chi connectivity index (χ2n) is 14.2. The summed E-state index contributed by atoms with van der Waals surface area (Å²) in [5, 5.41) is 13.6. The fraction of sp³-hybridized carbons (Fsp3) is 0.0800. The van der Waals surface area contributed by atoms with E-state index < -0.39 is 0 Å². The highest BCUT2D eigenvalue weighted by Gasteiger charge is 2.35. The molecular weight excluding hydrogens is 643 g/mol. The Morgan fingerprint density at radius 2 is 1.06 bits per heavy atom. The summed E-state index contributed by atoms with van der Waals surface area (Å²) in [4.78, 5) is 4.60. The number of hydrogen-bond acceptors (Lipinski definition) is 1. The highest BCUT2D eigenvalue weighted by molar-refractivity contribution is 6.16. The molecule has 1 aliphatic carbocycles. The fourth-order valence-corrected chi connectivity index (χ4v) is 7.71. The Kier molecular flexibility index (Phi) is 8.77. The molecule has 8 aromatic carbocycles. The van der Waals surface area contributed by atoms with Gasteiger partial charge < -0.3 is 5.73 Å². The summed E-state index contributed by atoms with van der Waals surface area (Å²) >= 11 is 0. The van der Waals surface area contributed by atoms with Gasteiger partial charge in [-0.1, -0.05) is 177 Å². The van der Waals surface area contributed by atoms with Crippen LogP contribution in [0.15, 0.2) is 181 Å². The van der Waals surface area contributed by atoms with E-state index >= 15 is 0 Å². The summed E-state index contributed by atoms with van der Waals surface area (Å²) < 4.78 is 0. The first kappa shape index (κ1) is 33.6. The minimum atomic E-state index is -0.0693. The minimum Gasteiger partial charge on any atom is -0.383 e. The number of rotatable bonds is 4. The van der Waals surface area contributed by atoms with Crippen LogP contribution in [0, 0.1) is 12.3 Å². The van der Waals surface area contributed by atoms with Crippen LogP contribution in [0.5, 0.6) is 0 Å². The van der Waals surface area contributed by atoms with E-state index in [0.717, 1.165) is 38.4 Å². The van der Waals surface area contributed by atoms with Crippen LogP contribution in [0.4, 0.5) is 0 Å². The van der Waals surface area contributed by atoms with Crippen LogP contribution in [0.2, 0.25) is 0 Å². The van der Waals surface area contributed by atoms with Crippen molar-refractivity contribution in [3.63, 3.8) is 0 Å². The second-order valence-corrected chi connectivity index (χ2v) is 14.2. The summed E-state index contributed by atoms with van der Waals surface area (Å²) in [6.45, 7) is 6.73. The molecule has 0 saturated carbocycles. The zero-order valence-electron chi connectivity index (χ0n) is 30.3. The molecule has 256 valence electrons. The van der Waals surface area contributed by atoms with Gasteiger partial charge in [0.1, 0.15) is 5.84 Å². The maximum atomic E-state index is 9.16. The number of aryl methyl sites for hydroxylation is 1. The summed E-state index contributed by atoms with van der Waals surface area (Å²) in [7, 11) is 0. The van der Waals surface area contributed by atoms with Crippen LogP contribution in [-0.4, -0.2) is 11.7 Å². The van der Waals surface area contributed by atoms with Crippen molar-refractivity contribution in [2.75, 3.05) is 0 Å². The summed E-state index contributed by atoms with van der Waals surface area (Å²) in [5.74, 6) is 0.460. The summed E-state index contributed by atoms with van der Waals surface area (Å²) in [6.07, 6.45) is 0. The zero-order chi connectivity index (χ0) is 36.5. The van der Waals surface area contributed by atoms with Crippen LogP contribution in [0.25, 0.3) is 54.9 Å². The predicted octanol–water partition coefficient (Wildman–Crippen LogP) is 12.4. The lowest BCUT2D eigenvalue weighted by Crippen LogP contribution is -2.16. The number of hydrogen-bond donors (Lipinski definition) is 2. The number of fused-ring (bicyclic) bond motifs is 5. The van der Waals surface area contributed by atoms with Crippen LogP contribution >= 0.6 is 0 Å². The molecule has 0 radical (unpaired) electrons. The third-order valence-corrected chi connectivity index (χ3v) is 10.5. The Hall–Kier alpha value is -6.58. The molecule has 0 atom stereocenters. The van der Waals surface area contributed by atoms with Crippen molar-refractivity contribution in [2.24, 2.45) is 10.7 Å². The third-order valence-electron chi connectivity index (χ3n) is 10.5. The van der Waals surface area contributed by atoms with E-state index in [4.69, 9.17) is 11.1 Å². The normalized spacial score (nSPS) is 12.8. The SMILES string of the molecule is CC1(C)c2ccccc2-c2ccc(-c3ccc(-c4cc5ccccc5cc4C(=N)N=C(N)c4ccccc4)c4ccccc34)cc21.Cc1ccccc1. The van der Waals surface area contributed by atoms with E-state index in [1.165, 1.54) is 44.3 Å². The van der Waals surface area contributed by atoms with Gasteiger partial charge in [-0.05, 0) is 91.2 Å². The van der Waals surface area contributed by atoms with Crippen molar-refractivity contribution in [2.45, 2.75) is 26.2 Å². The number of amidine groups is 2. The summed E-state index contributed by atoms with van der Waals surface area (Å²) in [5.41, 5.74) is 19.0. The highest BCUT2D eigenvalue weighted by atomic mass is 14.9. The van der Waals surface area contributed by atoms with Gasteiger partial charge in [0.05, 0.1) is 0 Å². The first-order valence-corrected chi connectivity index (χ1v) is 18.1. The van der Waals surface area contributed by atoms with Crippen LogP contribution < -0.4 is 5.73 Å². The first-order chi connectivity index (χ1) is 25.8. The van der Waals surface area contributed by atoms with Crippen LogP contribution in [0.1, 0.15) is 41.7 Å². The van der Waals surface area contributed by atoms with Gasteiger partial charge in [0.25, 0.3) is 0 Å². The van der Waals surface area contributed by atoms with E-state index in [0.29, 0.717) is 5.84 Å². The molecule has 0 spiro atoms. The zero-order valence-corrected chi connectivity index (χ0v) is 30.3. The van der Waals surface area contributed by atoms with Crippen molar-refractivity contribution < 1.29 is 0 Å². The number of aliphatic imine (C=N–C) groups is 1. The lowest BCUT2D eigenvalue weighted by molar-refractivity contribution is 0.660. The molecule has 0 aromatic heterocycles. The lowest BCUT2D eigenvalue weighted by Gasteiger charge is -2.22. The van der Waals surface area contributed by atoms with E-state index in [9.17, 15) is 0 Å². The minimum absolute atomic E-state index is 0.0693. The van der Waals surface area contributed by atoms with Gasteiger partial charge >= 0.3 is 0 Å². The largest absolute Gasteiger partial charge is 0.383 e. The number of benzene rings is 8. The van der Waals surface area contributed by atoms with Gasteiger partial charge in [-0.2, -0.15) is 0 Å². The molecule has 3 heteroatoms. The second kappa shape index (κ2) is 13.9. The molecular formula is C50H41N3. The summed E-state index contributed by atoms with van der Waals surface area (Å²) in [6, 6.07) is 61.2. The van der Waals surface area contributed by atoms with Gasteiger partial charge in [0, 0.05) is 16.5 Å². The average molecular weight is 684 g/mol. The van der Waals surface area contributed by atoms with Gasteiger partial charge in [-0.25, -0.2) is 4.99 Å². The molecule has 1 aliphatic rings. The standard InChI is InChI=1S/C43H33N3.C7H8/c1-43(2)39-19-11-10-18-35(39)36-21-20-30(26-40(36)43)31-22-23-34(33-17-9-8-16-32(31)33)37-24-28-14-6-7-15-29(28)25-38(37)42(45)46-41(44)27-12-4-3-5-13-27;1-7-5-3-2-4-6-7/h3-26H,1-2H3,(H3,44,45,46);2-6H,1H3. The molecule has 8 aromatic rings. The van der Waals surface area contributed by atoms with E-state index in [-0.39, 0.29) is 11.3 Å². The quantitative estimate of drug-likeness (QED) is 0.141. The van der Waals surface area contributed by atoms with Gasteiger partial charge in [0.2, 0.25) is 0 Å². The maximum absolute atomic E-state index is 9.16. The number of nitrogens with zero attached hydrogens (tertiary/aromatic N) is 1. The Morgan fingerprint density at radius 1 is 0.509 bits per heavy atom. The molecule has 53 heavy (non-hydrogen) atoms. The Labute approximate surface area is 311 Å². The molecule has 0 saturated heterocycles. The molecule has 0 bridgehead atoms. The number of nitrogens with one attached hydrogen (secondary N) is 1. The van der Waals surface area contributed by atoms with Gasteiger partial charge in [-0.3, -0.25) is 5.41 Å². The first-order valence-electron chi connectivity index (χ1n) is 18.1. The Balaban J connectivity index is 0.000000515. The Bertz CT molecular complexity index is 2670. The van der Waals surface area contributed by atoms with Crippen LogP contribution in [0.3, 0.4) is 0 Å². The van der Waals surface area contributed by atoms with E-state index in [1.54, 1.807) is 0 Å². The van der Waals surface area contributed by atoms with Crippen molar-refractivity contribution >= 4 is 33.2 Å². The topological polar surface area (TPSA) is 62.2 Å². The molecule has 3 N–H and O–H groups in total. The molecule has 0 heterocycles. The molecule has 0 fully saturated rings. The molecule has 3 nitrogen and oxygen atoms in total. The molecule has 9 rings (SSSR count). The monoisotopic (exact) mass is 683 g/mol. The maximum Gasteiger partial charge on any atom is 0.154 e. The smallest absolute Gasteiger partial charge is 0.154 e. The fourth-order valence-electron chi connectivity index (χ4n) is 7.71. The number of nitrogens with two attached hydrogens (primary N) is 1. The molecule has 0 aliphatic heterocycles. The molecule has 0 unspecified atom stereocenters. The van der Waals surface area contributed by atoms with Gasteiger partial charge in [0.15, 0.2) is 5.84 Å². The van der Waals surface area contributed by atoms with Crippen molar-refractivity contribution in [1.82, 2.24) is 0 Å². The highest BCUT2D eigenvalue weighted by Crippen LogP contribution is 2.50. The average Bonchev–Trinajstić information content (AvgIpc) is 3.43. The van der Waals surface area contributed by atoms with Crippen molar-refractivity contribution in [3.05, 3.63) is 204 Å². The van der Waals surface area contributed by atoms with Crippen molar-refractivity contribution in [3.8, 4) is 33.4 Å². The van der Waals surface area contributed by atoms with Gasteiger partial charge in [-0.15, -0.1) is 0 Å². The van der Waals surface area contributed by atoms with E-state index in [2.05, 4.69) is 147 Å². The van der Waals surface area contributed by atoms with Crippen LogP contribution in [-0.2, 0) is 5.41 Å². The Morgan fingerprint density at radius 3 is 1.75 bits per heavy atom. The van der Waals surface area contributed by atoms with E-state index in [1.807, 2.05) is 54.6 Å². The van der Waals surface area contributed by atoms with Crippen molar-refractivity contribution in [1.29, 1.82) is 5.41 Å². The molecule has 0 amide bonds. The third kappa shape index (κ3) is 6.32. The predicted molar refractivity (Wildman–Crippen MR) is 225 cm³/mol. The lowest BCUT2D eigenvalue weighted by atomic mass is 9.81.